The van der Waals surface area contributed by atoms with E-state index in [9.17, 15) is 4.79 Å². The quantitative estimate of drug-likeness (QED) is 0.735. The van der Waals surface area contributed by atoms with Crippen molar-refractivity contribution in [2.75, 3.05) is 27.2 Å². The Morgan fingerprint density at radius 1 is 1.09 bits per heavy atom. The van der Waals surface area contributed by atoms with Crippen LogP contribution in [0.1, 0.15) is 11.1 Å². The second-order valence-corrected chi connectivity index (χ2v) is 5.54. The molecule has 0 radical (unpaired) electrons. The van der Waals surface area contributed by atoms with E-state index in [0.29, 0.717) is 13.1 Å². The Morgan fingerprint density at radius 2 is 1.87 bits per heavy atom. The van der Waals surface area contributed by atoms with E-state index in [1.54, 1.807) is 30.9 Å². The highest BCUT2D eigenvalue weighted by Crippen LogP contribution is 2.06. The summed E-state index contributed by atoms with van der Waals surface area (Å²) in [5, 5.41) is 0. The standard InChI is InChI=1S/C18H22N4O/c1-21(2)12-13-22(15-17-4-3-9-20-14-17)18(23)6-5-16-7-10-19-11-8-16/h3-11,14H,12-13,15H2,1-2H3/b6-5+. The van der Waals surface area contributed by atoms with Gasteiger partial charge in [0.15, 0.2) is 0 Å². The molecule has 2 aromatic heterocycles. The number of pyridine rings is 2. The van der Waals surface area contributed by atoms with E-state index >= 15 is 0 Å². The SMILES string of the molecule is CN(C)CCN(Cc1cccnc1)C(=O)/C=C/c1ccncc1. The van der Waals surface area contributed by atoms with Crippen molar-refractivity contribution in [2.24, 2.45) is 0 Å². The van der Waals surface area contributed by atoms with Gasteiger partial charge in [-0.15, -0.1) is 0 Å². The van der Waals surface area contributed by atoms with Crippen LogP contribution in [0.25, 0.3) is 6.08 Å². The average Bonchev–Trinajstić information content (AvgIpc) is 2.58. The number of nitrogens with zero attached hydrogens (tertiary/aromatic N) is 4. The zero-order chi connectivity index (χ0) is 16.5. The lowest BCUT2D eigenvalue weighted by molar-refractivity contribution is -0.126. The van der Waals surface area contributed by atoms with Gasteiger partial charge in [0.05, 0.1) is 0 Å². The molecule has 0 fully saturated rings. The molecular weight excluding hydrogens is 288 g/mol. The maximum absolute atomic E-state index is 12.5. The molecule has 23 heavy (non-hydrogen) atoms. The van der Waals surface area contributed by atoms with Crippen molar-refractivity contribution in [3.05, 3.63) is 66.3 Å². The fraction of sp³-hybridized carbons (Fsp3) is 0.278. The number of carbonyl (C=O) groups excluding carboxylic acids is 1. The van der Waals surface area contributed by atoms with Crippen LogP contribution in [0, 0.1) is 0 Å². The highest BCUT2D eigenvalue weighted by atomic mass is 16.2. The molecule has 0 bridgehead atoms. The van der Waals surface area contributed by atoms with Crippen LogP contribution >= 0.6 is 0 Å². The van der Waals surface area contributed by atoms with Crippen LogP contribution in [0.4, 0.5) is 0 Å². The molecule has 0 atom stereocenters. The van der Waals surface area contributed by atoms with Crippen LogP contribution in [0.5, 0.6) is 0 Å². The predicted molar refractivity (Wildman–Crippen MR) is 91.5 cm³/mol. The third kappa shape index (κ3) is 6.00. The third-order valence-corrected chi connectivity index (χ3v) is 3.35. The van der Waals surface area contributed by atoms with Crippen LogP contribution in [0.2, 0.25) is 0 Å². The van der Waals surface area contributed by atoms with Crippen molar-refractivity contribution < 1.29 is 4.79 Å². The van der Waals surface area contributed by atoms with E-state index in [4.69, 9.17) is 0 Å². The monoisotopic (exact) mass is 310 g/mol. The number of amides is 1. The topological polar surface area (TPSA) is 49.3 Å². The van der Waals surface area contributed by atoms with Crippen molar-refractivity contribution in [3.8, 4) is 0 Å². The van der Waals surface area contributed by atoms with Crippen LogP contribution in [-0.4, -0.2) is 52.9 Å². The van der Waals surface area contributed by atoms with Gasteiger partial charge in [0.25, 0.3) is 0 Å². The molecule has 0 spiro atoms. The lowest BCUT2D eigenvalue weighted by atomic mass is 10.2. The number of rotatable bonds is 7. The Hall–Kier alpha value is -2.53. The molecule has 2 heterocycles. The Kier molecular flexibility index (Phi) is 6.44. The highest BCUT2D eigenvalue weighted by Gasteiger charge is 2.11. The molecule has 0 aliphatic rings. The largest absolute Gasteiger partial charge is 0.333 e. The number of likely N-dealkylation sites (N-methyl/N-ethyl adjacent to an activating group) is 1. The maximum atomic E-state index is 12.5. The minimum atomic E-state index is -0.00693. The Balaban J connectivity index is 2.05. The van der Waals surface area contributed by atoms with Crippen LogP contribution in [0.15, 0.2) is 55.1 Å². The van der Waals surface area contributed by atoms with E-state index in [0.717, 1.165) is 17.7 Å². The smallest absolute Gasteiger partial charge is 0.246 e. The lowest BCUT2D eigenvalue weighted by Crippen LogP contribution is -2.35. The minimum Gasteiger partial charge on any atom is -0.333 e. The molecule has 1 amide bonds. The zero-order valence-electron chi connectivity index (χ0n) is 13.6. The number of hydrogen-bond donors (Lipinski definition) is 0. The Labute approximate surface area is 137 Å². The molecule has 120 valence electrons. The summed E-state index contributed by atoms with van der Waals surface area (Å²) in [5.74, 6) is -0.00693. The first-order valence-corrected chi connectivity index (χ1v) is 7.56. The van der Waals surface area contributed by atoms with Crippen molar-refractivity contribution in [1.29, 1.82) is 0 Å². The summed E-state index contributed by atoms with van der Waals surface area (Å²) in [4.78, 5) is 24.5. The summed E-state index contributed by atoms with van der Waals surface area (Å²) >= 11 is 0. The van der Waals surface area contributed by atoms with E-state index in [-0.39, 0.29) is 5.91 Å². The molecule has 0 saturated carbocycles. The maximum Gasteiger partial charge on any atom is 0.246 e. The molecule has 0 aliphatic heterocycles. The summed E-state index contributed by atoms with van der Waals surface area (Å²) < 4.78 is 0. The molecule has 0 saturated heterocycles. The molecule has 2 aromatic rings. The summed E-state index contributed by atoms with van der Waals surface area (Å²) in [6.07, 6.45) is 10.4. The van der Waals surface area contributed by atoms with Gasteiger partial charge in [-0.1, -0.05) is 6.07 Å². The van der Waals surface area contributed by atoms with E-state index in [2.05, 4.69) is 14.9 Å². The van der Waals surface area contributed by atoms with Crippen molar-refractivity contribution in [2.45, 2.75) is 6.54 Å². The molecular formula is C18H22N4O. The van der Waals surface area contributed by atoms with Gasteiger partial charge in [-0.25, -0.2) is 0 Å². The summed E-state index contributed by atoms with van der Waals surface area (Å²) in [6, 6.07) is 7.61. The normalized spacial score (nSPS) is 11.1. The first kappa shape index (κ1) is 16.8. The van der Waals surface area contributed by atoms with Crippen LogP contribution in [0.3, 0.4) is 0 Å². The molecule has 5 heteroatoms. The minimum absolute atomic E-state index is 0.00693. The van der Waals surface area contributed by atoms with Gasteiger partial charge in [-0.3, -0.25) is 14.8 Å². The Morgan fingerprint density at radius 3 is 2.52 bits per heavy atom. The average molecular weight is 310 g/mol. The van der Waals surface area contributed by atoms with E-state index in [1.807, 2.05) is 49.3 Å². The predicted octanol–water partition coefficient (Wildman–Crippen LogP) is 2.08. The summed E-state index contributed by atoms with van der Waals surface area (Å²) in [6.45, 7) is 2.04. The van der Waals surface area contributed by atoms with Crippen molar-refractivity contribution >= 4 is 12.0 Å². The second-order valence-electron chi connectivity index (χ2n) is 5.54. The van der Waals surface area contributed by atoms with Crippen LogP contribution < -0.4 is 0 Å². The number of carbonyl (C=O) groups is 1. The fourth-order valence-electron chi connectivity index (χ4n) is 2.05. The van der Waals surface area contributed by atoms with Gasteiger partial charge >= 0.3 is 0 Å². The zero-order valence-corrected chi connectivity index (χ0v) is 13.6. The second kappa shape index (κ2) is 8.80. The van der Waals surface area contributed by atoms with Crippen molar-refractivity contribution in [1.82, 2.24) is 19.8 Å². The van der Waals surface area contributed by atoms with Gasteiger partial charge in [-0.05, 0) is 49.5 Å². The van der Waals surface area contributed by atoms with Gasteiger partial charge in [0.1, 0.15) is 0 Å². The first-order chi connectivity index (χ1) is 11.1. The molecule has 0 aliphatic carbocycles. The molecule has 5 nitrogen and oxygen atoms in total. The van der Waals surface area contributed by atoms with Crippen LogP contribution in [-0.2, 0) is 11.3 Å². The molecule has 2 rings (SSSR count). The van der Waals surface area contributed by atoms with Crippen molar-refractivity contribution in [3.63, 3.8) is 0 Å². The number of hydrogen-bond acceptors (Lipinski definition) is 4. The molecule has 0 unspecified atom stereocenters. The van der Waals surface area contributed by atoms with Gasteiger partial charge in [0, 0.05) is 50.5 Å². The summed E-state index contributed by atoms with van der Waals surface area (Å²) in [5.41, 5.74) is 1.99. The van der Waals surface area contributed by atoms with E-state index < -0.39 is 0 Å². The first-order valence-electron chi connectivity index (χ1n) is 7.56. The number of aromatic nitrogens is 2. The van der Waals surface area contributed by atoms with Gasteiger partial charge in [-0.2, -0.15) is 0 Å². The Bertz CT molecular complexity index is 626. The van der Waals surface area contributed by atoms with Gasteiger partial charge < -0.3 is 9.80 Å². The third-order valence-electron chi connectivity index (χ3n) is 3.35. The molecule has 0 aromatic carbocycles. The molecule has 0 N–H and O–H groups in total. The lowest BCUT2D eigenvalue weighted by Gasteiger charge is -2.23. The van der Waals surface area contributed by atoms with Gasteiger partial charge in [0.2, 0.25) is 5.91 Å². The van der Waals surface area contributed by atoms with E-state index in [1.165, 1.54) is 0 Å². The summed E-state index contributed by atoms with van der Waals surface area (Å²) in [7, 11) is 4.00. The highest BCUT2D eigenvalue weighted by molar-refractivity contribution is 5.91. The fourth-order valence-corrected chi connectivity index (χ4v) is 2.05.